The number of piperazine rings is 3. The first-order valence-corrected chi connectivity index (χ1v) is 49.4. The Bertz CT molecular complexity index is 7800. The number of nitrogens with one attached hydrogen (secondary N) is 9. The van der Waals surface area contributed by atoms with Gasteiger partial charge < -0.3 is 81.3 Å². The maximum absolute atomic E-state index is 14.4. The van der Waals surface area contributed by atoms with Crippen LogP contribution >= 0.6 is 34.3 Å². The first kappa shape index (κ1) is 93.9. The van der Waals surface area contributed by atoms with E-state index in [1.54, 1.807) is 59.8 Å². The summed E-state index contributed by atoms with van der Waals surface area (Å²) in [6.45, 7) is 37.6. The van der Waals surface area contributed by atoms with Crippen LogP contribution in [0, 0.1) is 49.3 Å². The van der Waals surface area contributed by atoms with Crippen LogP contribution in [0.4, 0.5) is 74.1 Å². The summed E-state index contributed by atoms with van der Waals surface area (Å²) in [4.78, 5) is 102. The molecule has 9 fully saturated rings. The van der Waals surface area contributed by atoms with Crippen molar-refractivity contribution in [2.24, 2.45) is 0 Å². The third-order valence-electron chi connectivity index (χ3n) is 26.3. The van der Waals surface area contributed by atoms with Crippen LogP contribution in [0.15, 0.2) is 155 Å². The maximum atomic E-state index is 14.4. The Morgan fingerprint density at radius 3 is 1.31 bits per heavy atom. The molecular weight excluding hydrogens is 1860 g/mol. The van der Waals surface area contributed by atoms with E-state index >= 15 is 0 Å². The van der Waals surface area contributed by atoms with E-state index < -0.39 is 5.82 Å². The molecule has 0 spiro atoms. The number of pyridine rings is 3. The van der Waals surface area contributed by atoms with Gasteiger partial charge in [-0.05, 0) is 156 Å². The molecule has 3 aliphatic carbocycles. The Labute approximate surface area is 827 Å². The van der Waals surface area contributed by atoms with E-state index in [1.165, 1.54) is 31.0 Å². The second-order valence-corrected chi connectivity index (χ2v) is 38.8. The average molecular weight is 1970 g/mol. The smallest absolute Gasteiger partial charge is 0.305 e. The van der Waals surface area contributed by atoms with Gasteiger partial charge in [-0.15, -0.1) is 0 Å². The minimum Gasteiger partial charge on any atom is -0.379 e. The Hall–Kier alpha value is -15.7. The Kier molecular flexibility index (Phi) is 26.9. The number of thiazole rings is 2. The SMILES string of the molecule is C=C1NC(=O)C/C1=C\c1cnn2c(NC3CC3)c(C)c(N3CCN(c4ncccc4C#N)CC3)nc12.C=C1NC(=O)C/C1=C\c1cnn2c(NCC(C)N3CCOCC3)cc(Nc3cc(Cl)ccc3F)nc12.C=c1[nH]c(=O)s/c1=C\c1cnn2c(NC3CC3)c(C)c(N3CCN(c4ccccn4)CC3)nc12.C=c1[nH]c(=O)s/c1=C\c1cnn2c(NC3CC3)c(C)c(N3CCN(c4ncccc4C#N)CC3)nc12. The van der Waals surface area contributed by atoms with E-state index in [-0.39, 0.29) is 39.7 Å². The number of benzene rings is 1. The molecule has 1 aromatic carbocycles. The summed E-state index contributed by atoms with van der Waals surface area (Å²) in [5, 5.41) is 62.0. The molecule has 6 saturated heterocycles. The number of aromatic amines is 2. The summed E-state index contributed by atoms with van der Waals surface area (Å²) in [5.74, 6) is 8.72. The molecule has 19 heterocycles. The zero-order valence-corrected chi connectivity index (χ0v) is 81.3. The summed E-state index contributed by atoms with van der Waals surface area (Å²) >= 11 is 8.36. The molecule has 38 nitrogen and oxygen atoms in total. The molecule has 9 N–H and O–H groups in total. The van der Waals surface area contributed by atoms with Crippen molar-refractivity contribution < 1.29 is 18.7 Å². The molecule has 42 heteroatoms. The van der Waals surface area contributed by atoms with Crippen molar-refractivity contribution in [1.82, 2.24) is 98.8 Å². The zero-order valence-electron chi connectivity index (χ0n) is 78.9. The minimum atomic E-state index is -0.445. The van der Waals surface area contributed by atoms with Crippen molar-refractivity contribution in [3.05, 3.63) is 246 Å². The number of morpholine rings is 1. The molecule has 6 aliphatic heterocycles. The summed E-state index contributed by atoms with van der Waals surface area (Å²) in [5.41, 5.74) is 13.5. The summed E-state index contributed by atoms with van der Waals surface area (Å²) in [6.07, 6.45) is 27.5. The fourth-order valence-corrected chi connectivity index (χ4v) is 19.8. The van der Waals surface area contributed by atoms with Crippen LogP contribution in [0.25, 0.3) is 60.1 Å². The minimum absolute atomic E-state index is 0.0476. The molecule has 2 amide bonds. The topological polar surface area (TPSA) is 423 Å². The number of aromatic nitrogens is 17. The summed E-state index contributed by atoms with van der Waals surface area (Å²) in [6, 6.07) is 25.5. The number of halogens is 2. The molecule has 0 radical (unpaired) electrons. The molecule has 13 aromatic heterocycles. The number of hydrogen-bond donors (Lipinski definition) is 9. The van der Waals surface area contributed by atoms with Gasteiger partial charge >= 0.3 is 9.75 Å². The zero-order chi connectivity index (χ0) is 98.1. The van der Waals surface area contributed by atoms with Crippen LogP contribution in [-0.2, 0) is 14.3 Å². The number of ether oxygens (including phenoxy) is 1. The van der Waals surface area contributed by atoms with Gasteiger partial charge in [0.2, 0.25) is 11.8 Å². The fourth-order valence-electron chi connectivity index (χ4n) is 18.1. The Morgan fingerprint density at radius 2 is 0.915 bits per heavy atom. The predicted octanol–water partition coefficient (Wildman–Crippen LogP) is 8.95. The standard InChI is InChI=1S/C26H27N9O.C25H27ClFN7O2.C25H25N9OS.C24H26N8OS/c1-16-23(33-8-10-34(11-9-33)25-18(14-27)4-3-7-28-25)32-26-20(12-19-13-22(36)30-17(19)2)15-29-35(26)24(16)31-21-5-6-21;1-15(33-5-7-36-8-6-33)13-28-23-12-22(31-21-11-19(26)3-4-20(21)27)32-25-18(14-29-34(23)25)9-17-10-24(35)30-16(17)2;1-15-21(32-8-10-33(11-9-32)23-17(13-26)4-3-7-27-23)31-24-18(12-20-16(2)29-25(35)36-20)14-28-34(24)22(15)30-19-5-6-19;1-15-21(31-11-9-30(10-12-31)20-5-3-4-8-25-20)29-23-17(13-19-16(2)27-24(33)34-19)14-26-32(23)22(15)28-18-6-7-18/h3-4,7,12,15,21,31H,2,5-6,8-11,13H2,1H3,(H,30,36);3-4,9,11-12,14-15,28H,2,5-8,10,13H2,1H3,(H,30,35)(H,31,32);3-4,7,12,14,19,30H,2,5-6,8-11H2,1H3,(H,29,35);3-5,8,13-14,18,28H,2,6-7,9-12H2,1H3,(H,27,33)/b19-12+;17-9+;20-12-;19-13-. The van der Waals surface area contributed by atoms with Crippen molar-refractivity contribution >= 4 is 176 Å². The van der Waals surface area contributed by atoms with Gasteiger partial charge in [0.05, 0.1) is 87.4 Å². The van der Waals surface area contributed by atoms with Crippen LogP contribution in [0.3, 0.4) is 0 Å². The number of allylic oxidation sites excluding steroid dienone is 2. The average Bonchev–Trinajstić information content (AvgIpc) is 1.58. The molecule has 3 saturated carbocycles. The summed E-state index contributed by atoms with van der Waals surface area (Å²) in [7, 11) is 0. The number of H-pyrrole nitrogens is 2. The van der Waals surface area contributed by atoms with E-state index in [4.69, 9.17) is 36.3 Å². The fraction of sp³-hybridized carbons (Fsp3) is 0.330. The lowest BCUT2D eigenvalue weighted by Gasteiger charge is -2.37. The van der Waals surface area contributed by atoms with E-state index in [9.17, 15) is 34.1 Å². The van der Waals surface area contributed by atoms with Gasteiger partial charge in [0.1, 0.15) is 82.0 Å². The number of anilines is 12. The van der Waals surface area contributed by atoms with E-state index in [1.807, 2.05) is 68.4 Å². The van der Waals surface area contributed by atoms with Gasteiger partial charge in [0, 0.05) is 202 Å². The molecule has 142 heavy (non-hydrogen) atoms. The molecule has 1 atom stereocenters. The number of amides is 2. The van der Waals surface area contributed by atoms with E-state index in [0.29, 0.717) is 92.2 Å². The number of rotatable bonds is 22. The van der Waals surface area contributed by atoms with Crippen molar-refractivity contribution in [1.29, 1.82) is 10.5 Å². The predicted molar refractivity (Wildman–Crippen MR) is 553 cm³/mol. The quantitative estimate of drug-likeness (QED) is 0.0305. The van der Waals surface area contributed by atoms with Crippen molar-refractivity contribution in [3.63, 3.8) is 0 Å². The van der Waals surface area contributed by atoms with Gasteiger partial charge in [-0.3, -0.25) is 24.1 Å². The molecule has 726 valence electrons. The molecule has 23 rings (SSSR count). The largest absolute Gasteiger partial charge is 0.379 e. The monoisotopic (exact) mass is 1970 g/mol. The van der Waals surface area contributed by atoms with Gasteiger partial charge in [-0.25, -0.2) is 39.3 Å². The number of carbonyl (C=O) groups is 2. The van der Waals surface area contributed by atoms with Crippen molar-refractivity contribution in [3.8, 4) is 12.1 Å². The van der Waals surface area contributed by atoms with Crippen molar-refractivity contribution in [2.45, 2.75) is 103 Å². The first-order chi connectivity index (χ1) is 69.0. The van der Waals surface area contributed by atoms with Gasteiger partial charge in [0.25, 0.3) is 0 Å². The van der Waals surface area contributed by atoms with Crippen LogP contribution < -0.4 is 96.1 Å². The number of carbonyl (C=O) groups excluding carboxylic acids is 2. The van der Waals surface area contributed by atoms with E-state index in [0.717, 1.165) is 276 Å². The second kappa shape index (κ2) is 40.6. The third kappa shape index (κ3) is 20.5. The van der Waals surface area contributed by atoms with Crippen LogP contribution in [-0.4, -0.2) is 236 Å². The highest BCUT2D eigenvalue weighted by atomic mass is 35.5. The number of nitrogens with zero attached hydrogens (tertiary/aromatic N) is 24. The second-order valence-electron chi connectivity index (χ2n) is 36.3. The molecule has 0 bridgehead atoms. The van der Waals surface area contributed by atoms with Crippen LogP contribution in [0.5, 0.6) is 0 Å². The Morgan fingerprint density at radius 1 is 0.507 bits per heavy atom. The molecule has 14 aromatic rings. The third-order valence-corrected chi connectivity index (χ3v) is 28.2. The van der Waals surface area contributed by atoms with E-state index in [2.05, 4.69) is 189 Å². The van der Waals surface area contributed by atoms with Crippen molar-refractivity contribution in [2.75, 3.05) is 167 Å². The lowest BCUT2D eigenvalue weighted by molar-refractivity contribution is -0.119. The highest BCUT2D eigenvalue weighted by Crippen LogP contribution is 2.39. The number of hydrogen-bond acceptors (Lipinski definition) is 32. The van der Waals surface area contributed by atoms with Gasteiger partial charge in [-0.2, -0.15) is 49.0 Å². The highest BCUT2D eigenvalue weighted by Gasteiger charge is 2.35. The molecule has 9 aliphatic rings. The maximum Gasteiger partial charge on any atom is 0.305 e. The first-order valence-electron chi connectivity index (χ1n) is 47.4. The lowest BCUT2D eigenvalue weighted by atomic mass is 10.1. The van der Waals surface area contributed by atoms with Crippen LogP contribution in [0.1, 0.15) is 108 Å². The van der Waals surface area contributed by atoms with Gasteiger partial charge in [0.15, 0.2) is 22.6 Å². The Balaban J connectivity index is 0.000000116. The normalized spacial score (nSPS) is 17.8. The lowest BCUT2D eigenvalue weighted by Crippen LogP contribution is -2.47. The summed E-state index contributed by atoms with van der Waals surface area (Å²) < 4.78 is 28.8. The van der Waals surface area contributed by atoms with Crippen LogP contribution in [0.2, 0.25) is 5.02 Å². The number of nitriles is 2. The molecule has 1 unspecified atom stereocenters. The van der Waals surface area contributed by atoms with Gasteiger partial charge in [-0.1, -0.05) is 66.7 Å². The number of fused-ring (bicyclic) bond motifs is 4. The highest BCUT2D eigenvalue weighted by molar-refractivity contribution is 7.07. The molecular formula is C100H105ClFN33O5S2.